The number of nitrogens with two attached hydrogens (primary N) is 2. The molecule has 1 aromatic carbocycles. The molecule has 0 aliphatic rings. The van der Waals surface area contributed by atoms with Crippen molar-refractivity contribution in [2.24, 2.45) is 7.05 Å². The number of aromatic nitrogens is 4. The van der Waals surface area contributed by atoms with Crippen molar-refractivity contribution in [3.05, 3.63) is 40.1 Å². The molecule has 0 saturated heterocycles. The summed E-state index contributed by atoms with van der Waals surface area (Å²) < 4.78 is 14.8. The molecule has 22 heavy (non-hydrogen) atoms. The normalized spacial score (nSPS) is 11.0. The average Bonchev–Trinajstić information content (AvgIpc) is 2.47. The number of nitrogens with zero attached hydrogens (tertiary/aromatic N) is 4. The van der Waals surface area contributed by atoms with Crippen LogP contribution in [-0.2, 0) is 7.05 Å². The number of nitrogen functional groups attached to an aromatic ring is 2. The number of halogens is 1. The largest absolute Gasteiger partial charge is 0.396 e. The third-order valence-corrected chi connectivity index (χ3v) is 3.42. The van der Waals surface area contributed by atoms with E-state index < -0.39 is 5.82 Å². The van der Waals surface area contributed by atoms with E-state index in [-0.39, 0.29) is 22.9 Å². The van der Waals surface area contributed by atoms with E-state index in [4.69, 9.17) is 11.5 Å². The maximum absolute atomic E-state index is 13.5. The molecule has 112 valence electrons. The van der Waals surface area contributed by atoms with Gasteiger partial charge in [0.2, 0.25) is 5.95 Å². The standard InChI is InChI=1S/C14H13FN6O/c1-6-3-8(15)9(16)4-7(6)11-13(22)21(2)12-10(19-11)5-18-14(17)20-12/h3-5H,16H2,1-2H3,(H2,17,18,20). The van der Waals surface area contributed by atoms with Gasteiger partial charge in [0, 0.05) is 12.6 Å². The average molecular weight is 300 g/mol. The van der Waals surface area contributed by atoms with Gasteiger partial charge in [-0.1, -0.05) is 0 Å². The van der Waals surface area contributed by atoms with E-state index in [1.807, 2.05) is 0 Å². The van der Waals surface area contributed by atoms with E-state index in [9.17, 15) is 9.18 Å². The van der Waals surface area contributed by atoms with Crippen LogP contribution in [-0.4, -0.2) is 19.5 Å². The molecular weight excluding hydrogens is 287 g/mol. The lowest BCUT2D eigenvalue weighted by Gasteiger charge is -2.10. The summed E-state index contributed by atoms with van der Waals surface area (Å²) in [6, 6.07) is 2.67. The quantitative estimate of drug-likeness (QED) is 0.648. The fourth-order valence-electron chi connectivity index (χ4n) is 2.25. The van der Waals surface area contributed by atoms with Crippen molar-refractivity contribution in [1.82, 2.24) is 19.5 Å². The lowest BCUT2D eigenvalue weighted by molar-refractivity contribution is 0.631. The first-order chi connectivity index (χ1) is 10.4. The minimum absolute atomic E-state index is 0.0434. The second-order valence-electron chi connectivity index (χ2n) is 4.95. The molecule has 3 rings (SSSR count). The van der Waals surface area contributed by atoms with E-state index in [1.165, 1.54) is 22.9 Å². The molecule has 0 aliphatic heterocycles. The third kappa shape index (κ3) is 2.05. The van der Waals surface area contributed by atoms with Gasteiger partial charge in [0.25, 0.3) is 5.56 Å². The van der Waals surface area contributed by atoms with Crippen LogP contribution in [0.2, 0.25) is 0 Å². The zero-order valence-corrected chi connectivity index (χ0v) is 12.0. The van der Waals surface area contributed by atoms with Crippen LogP contribution in [0.1, 0.15) is 5.56 Å². The Labute approximate surface area is 124 Å². The highest BCUT2D eigenvalue weighted by Crippen LogP contribution is 2.25. The summed E-state index contributed by atoms with van der Waals surface area (Å²) in [4.78, 5) is 24.7. The number of anilines is 2. The van der Waals surface area contributed by atoms with Gasteiger partial charge in [-0.05, 0) is 24.6 Å². The van der Waals surface area contributed by atoms with E-state index in [0.717, 1.165) is 0 Å². The van der Waals surface area contributed by atoms with Gasteiger partial charge in [-0.15, -0.1) is 0 Å². The van der Waals surface area contributed by atoms with Crippen LogP contribution in [0.25, 0.3) is 22.4 Å². The van der Waals surface area contributed by atoms with Gasteiger partial charge in [0.05, 0.1) is 11.9 Å². The molecule has 3 aromatic rings. The zero-order chi connectivity index (χ0) is 16.0. The molecule has 0 spiro atoms. The highest BCUT2D eigenvalue weighted by Gasteiger charge is 2.15. The van der Waals surface area contributed by atoms with Crippen LogP contribution in [0.4, 0.5) is 16.0 Å². The Kier molecular flexibility index (Phi) is 3.01. The number of benzene rings is 1. The van der Waals surface area contributed by atoms with E-state index >= 15 is 0 Å². The van der Waals surface area contributed by atoms with Crippen molar-refractivity contribution in [2.45, 2.75) is 6.92 Å². The number of hydrogen-bond acceptors (Lipinski definition) is 6. The summed E-state index contributed by atoms with van der Waals surface area (Å²) in [5, 5.41) is 0. The molecule has 4 N–H and O–H groups in total. The second kappa shape index (κ2) is 4.76. The highest BCUT2D eigenvalue weighted by molar-refractivity contribution is 5.76. The van der Waals surface area contributed by atoms with Crippen molar-refractivity contribution in [1.29, 1.82) is 0 Å². The minimum Gasteiger partial charge on any atom is -0.396 e. The number of aryl methyl sites for hydroxylation is 2. The predicted octanol–water partition coefficient (Wildman–Crippen LogP) is 1.00. The summed E-state index contributed by atoms with van der Waals surface area (Å²) in [6.45, 7) is 1.68. The summed E-state index contributed by atoms with van der Waals surface area (Å²) in [5.74, 6) is -0.478. The van der Waals surface area contributed by atoms with Gasteiger partial charge in [-0.25, -0.2) is 14.4 Å². The van der Waals surface area contributed by atoms with Gasteiger partial charge in [0.1, 0.15) is 17.0 Å². The Bertz CT molecular complexity index is 966. The van der Waals surface area contributed by atoms with Gasteiger partial charge < -0.3 is 11.5 Å². The van der Waals surface area contributed by atoms with Crippen LogP contribution in [0, 0.1) is 12.7 Å². The maximum Gasteiger partial charge on any atom is 0.278 e. The molecule has 0 bridgehead atoms. The highest BCUT2D eigenvalue weighted by atomic mass is 19.1. The first-order valence-electron chi connectivity index (χ1n) is 6.43. The fraction of sp³-hybridized carbons (Fsp3) is 0.143. The van der Waals surface area contributed by atoms with E-state index in [2.05, 4.69) is 15.0 Å². The lowest BCUT2D eigenvalue weighted by atomic mass is 10.0. The van der Waals surface area contributed by atoms with Crippen LogP contribution < -0.4 is 17.0 Å². The molecule has 2 heterocycles. The molecule has 2 aromatic heterocycles. The topological polar surface area (TPSA) is 113 Å². The molecule has 0 amide bonds. The van der Waals surface area contributed by atoms with Crippen LogP contribution >= 0.6 is 0 Å². The van der Waals surface area contributed by atoms with Gasteiger partial charge >= 0.3 is 0 Å². The SMILES string of the molecule is Cc1cc(F)c(N)cc1-c1nc2cnc(N)nc2n(C)c1=O. The monoisotopic (exact) mass is 300 g/mol. The van der Waals surface area contributed by atoms with E-state index in [1.54, 1.807) is 14.0 Å². The molecule has 7 nitrogen and oxygen atoms in total. The Morgan fingerprint density at radius 1 is 1.23 bits per heavy atom. The summed E-state index contributed by atoms with van der Waals surface area (Å²) in [7, 11) is 1.56. The Balaban J connectivity index is 2.38. The Hall–Kier alpha value is -3.03. The third-order valence-electron chi connectivity index (χ3n) is 3.42. The molecule has 0 fully saturated rings. The summed E-state index contributed by atoms with van der Waals surface area (Å²) >= 11 is 0. The Morgan fingerprint density at radius 2 is 1.95 bits per heavy atom. The lowest BCUT2D eigenvalue weighted by Crippen LogP contribution is -2.22. The maximum atomic E-state index is 13.5. The first kappa shape index (κ1) is 13.9. The Morgan fingerprint density at radius 3 is 2.68 bits per heavy atom. The summed E-state index contributed by atoms with van der Waals surface area (Å²) in [6.07, 6.45) is 1.43. The predicted molar refractivity (Wildman–Crippen MR) is 81.5 cm³/mol. The van der Waals surface area contributed by atoms with Crippen molar-refractivity contribution in [3.63, 3.8) is 0 Å². The van der Waals surface area contributed by atoms with Crippen molar-refractivity contribution in [2.75, 3.05) is 11.5 Å². The smallest absolute Gasteiger partial charge is 0.278 e. The molecule has 0 saturated carbocycles. The van der Waals surface area contributed by atoms with Gasteiger partial charge in [-0.2, -0.15) is 4.98 Å². The zero-order valence-electron chi connectivity index (χ0n) is 12.0. The molecule has 0 unspecified atom stereocenters. The molecule has 8 heteroatoms. The molecule has 0 atom stereocenters. The summed E-state index contributed by atoms with van der Waals surface area (Å²) in [5.41, 5.74) is 12.6. The number of rotatable bonds is 1. The van der Waals surface area contributed by atoms with Crippen LogP contribution in [0.5, 0.6) is 0 Å². The van der Waals surface area contributed by atoms with Crippen LogP contribution in [0.15, 0.2) is 23.1 Å². The second-order valence-corrected chi connectivity index (χ2v) is 4.95. The number of fused-ring (bicyclic) bond motifs is 1. The fourth-order valence-corrected chi connectivity index (χ4v) is 2.25. The molecule has 0 aliphatic carbocycles. The number of hydrogen-bond donors (Lipinski definition) is 2. The van der Waals surface area contributed by atoms with Crippen molar-refractivity contribution in [3.8, 4) is 11.3 Å². The van der Waals surface area contributed by atoms with E-state index in [0.29, 0.717) is 22.3 Å². The molecule has 0 radical (unpaired) electrons. The van der Waals surface area contributed by atoms with Crippen LogP contribution in [0.3, 0.4) is 0 Å². The van der Waals surface area contributed by atoms with Gasteiger partial charge in [-0.3, -0.25) is 9.36 Å². The molecular formula is C14H13FN6O. The minimum atomic E-state index is -0.532. The first-order valence-corrected chi connectivity index (χ1v) is 6.43. The van der Waals surface area contributed by atoms with Crippen molar-refractivity contribution < 1.29 is 4.39 Å². The van der Waals surface area contributed by atoms with Gasteiger partial charge in [0.15, 0.2) is 5.65 Å². The van der Waals surface area contributed by atoms with Crippen molar-refractivity contribution >= 4 is 22.8 Å².